The van der Waals surface area contributed by atoms with E-state index in [1.807, 2.05) is 24.3 Å². The fourth-order valence-corrected chi connectivity index (χ4v) is 3.41. The van der Waals surface area contributed by atoms with E-state index in [-0.39, 0.29) is 22.5 Å². The Hall–Kier alpha value is -2.93. The molecule has 0 saturated heterocycles. The smallest absolute Gasteiger partial charge is 0.287 e. The summed E-state index contributed by atoms with van der Waals surface area (Å²) in [6, 6.07) is 12.3. The number of nitrogens with one attached hydrogen (secondary N) is 1. The van der Waals surface area contributed by atoms with Crippen LogP contribution in [0.1, 0.15) is 30.9 Å². The molecule has 150 valence electrons. The summed E-state index contributed by atoms with van der Waals surface area (Å²) in [4.78, 5) is 29.0. The zero-order chi connectivity index (χ0) is 21.0. The first-order valence-corrected chi connectivity index (χ1v) is 10.2. The van der Waals surface area contributed by atoms with E-state index in [4.69, 9.17) is 0 Å². The summed E-state index contributed by atoms with van der Waals surface area (Å²) in [6.07, 6.45) is 2.94. The summed E-state index contributed by atoms with van der Waals surface area (Å²) in [5.74, 6) is -0.155. The molecule has 0 unspecified atom stereocenters. The summed E-state index contributed by atoms with van der Waals surface area (Å²) in [5.41, 5.74) is 2.42. The van der Waals surface area contributed by atoms with Crippen molar-refractivity contribution in [2.45, 2.75) is 31.7 Å². The lowest BCUT2D eigenvalue weighted by Crippen LogP contribution is -2.22. The Kier molecular flexibility index (Phi) is 6.49. The summed E-state index contributed by atoms with van der Waals surface area (Å²) in [7, 11) is 0. The van der Waals surface area contributed by atoms with Crippen LogP contribution >= 0.6 is 11.8 Å². The van der Waals surface area contributed by atoms with E-state index in [1.165, 1.54) is 28.6 Å². The number of hydrogen-bond acceptors (Lipinski definition) is 4. The van der Waals surface area contributed by atoms with Crippen LogP contribution in [0, 0.1) is 12.7 Å². The number of amides is 1. The van der Waals surface area contributed by atoms with Gasteiger partial charge in [-0.05, 0) is 48.2 Å². The number of halogens is 1. The fourth-order valence-electron chi connectivity index (χ4n) is 2.71. The first-order valence-electron chi connectivity index (χ1n) is 9.22. The van der Waals surface area contributed by atoms with Gasteiger partial charge in [0.15, 0.2) is 5.03 Å². The molecular weight excluding hydrogens is 389 g/mol. The minimum atomic E-state index is -0.394. The summed E-state index contributed by atoms with van der Waals surface area (Å²) in [5, 5.41) is 2.99. The van der Waals surface area contributed by atoms with Gasteiger partial charge in [0.05, 0.1) is 11.4 Å². The molecule has 1 amide bonds. The van der Waals surface area contributed by atoms with Crippen molar-refractivity contribution in [2.24, 2.45) is 0 Å². The highest BCUT2D eigenvalue weighted by Gasteiger charge is 2.11. The van der Waals surface area contributed by atoms with Gasteiger partial charge in [-0.3, -0.25) is 14.2 Å². The van der Waals surface area contributed by atoms with Crippen LogP contribution in [0.3, 0.4) is 0 Å². The predicted octanol–water partition coefficient (Wildman–Crippen LogP) is 4.53. The Morgan fingerprint density at radius 3 is 2.59 bits per heavy atom. The maximum atomic E-state index is 13.8. The Balaban J connectivity index is 1.68. The molecule has 0 radical (unpaired) electrons. The van der Waals surface area contributed by atoms with Crippen LogP contribution in [0.25, 0.3) is 5.69 Å². The Labute approximate surface area is 173 Å². The van der Waals surface area contributed by atoms with E-state index < -0.39 is 5.56 Å². The van der Waals surface area contributed by atoms with Gasteiger partial charge in [-0.2, -0.15) is 0 Å². The molecule has 0 bridgehead atoms. The van der Waals surface area contributed by atoms with Gasteiger partial charge >= 0.3 is 0 Å². The molecule has 2 aromatic carbocycles. The van der Waals surface area contributed by atoms with Crippen LogP contribution in [-0.2, 0) is 4.79 Å². The molecule has 0 atom stereocenters. The van der Waals surface area contributed by atoms with E-state index in [1.54, 1.807) is 19.1 Å². The van der Waals surface area contributed by atoms with Gasteiger partial charge in [0.25, 0.3) is 5.56 Å². The first kappa shape index (κ1) is 20.8. The number of anilines is 1. The lowest BCUT2D eigenvalue weighted by molar-refractivity contribution is -0.113. The molecular formula is C22H22FN3O2S. The SMILES string of the molecule is Cc1ccc(-n2ccnc(SCC(=O)Nc3ccc(C(C)C)cc3)c2=O)cc1F. The average molecular weight is 412 g/mol. The van der Waals surface area contributed by atoms with Gasteiger partial charge in [0, 0.05) is 18.1 Å². The molecule has 0 aliphatic carbocycles. The topological polar surface area (TPSA) is 64.0 Å². The molecule has 1 N–H and O–H groups in total. The van der Waals surface area contributed by atoms with Crippen LogP contribution < -0.4 is 10.9 Å². The summed E-state index contributed by atoms with van der Waals surface area (Å²) < 4.78 is 15.2. The average Bonchev–Trinajstić information content (AvgIpc) is 2.70. The van der Waals surface area contributed by atoms with Gasteiger partial charge in [0.1, 0.15) is 5.82 Å². The number of carbonyl (C=O) groups excluding carboxylic acids is 1. The monoisotopic (exact) mass is 411 g/mol. The third-order valence-corrected chi connectivity index (χ3v) is 5.40. The van der Waals surface area contributed by atoms with E-state index in [0.717, 1.165) is 11.8 Å². The lowest BCUT2D eigenvalue weighted by Gasteiger charge is -2.09. The van der Waals surface area contributed by atoms with Crippen LogP contribution in [0.2, 0.25) is 0 Å². The molecule has 0 spiro atoms. The van der Waals surface area contributed by atoms with E-state index in [2.05, 4.69) is 24.1 Å². The number of rotatable bonds is 6. The third kappa shape index (κ3) is 5.12. The summed E-state index contributed by atoms with van der Waals surface area (Å²) >= 11 is 1.05. The highest BCUT2D eigenvalue weighted by Crippen LogP contribution is 2.18. The van der Waals surface area contributed by atoms with Gasteiger partial charge < -0.3 is 5.32 Å². The van der Waals surface area contributed by atoms with Crippen LogP contribution in [0.15, 0.2) is 64.7 Å². The number of benzene rings is 2. The number of aryl methyl sites for hydroxylation is 1. The van der Waals surface area contributed by atoms with E-state index in [0.29, 0.717) is 22.9 Å². The van der Waals surface area contributed by atoms with Crippen LogP contribution in [0.4, 0.5) is 10.1 Å². The number of aromatic nitrogens is 2. The standard InChI is InChI=1S/C22H22FN3O2S/c1-14(2)16-5-7-17(8-6-16)25-20(27)13-29-21-22(28)26(11-10-24-21)18-9-4-15(3)19(23)12-18/h4-12,14H,13H2,1-3H3,(H,25,27). The number of nitrogens with zero attached hydrogens (tertiary/aromatic N) is 2. The maximum Gasteiger partial charge on any atom is 0.287 e. The third-order valence-electron chi connectivity index (χ3n) is 4.44. The fraction of sp³-hybridized carbons (Fsp3) is 0.227. The van der Waals surface area contributed by atoms with Crippen LogP contribution in [0.5, 0.6) is 0 Å². The second kappa shape index (κ2) is 9.05. The molecule has 0 aliphatic rings. The maximum absolute atomic E-state index is 13.8. The highest BCUT2D eigenvalue weighted by atomic mass is 32.2. The van der Waals surface area contributed by atoms with Crippen molar-refractivity contribution < 1.29 is 9.18 Å². The molecule has 29 heavy (non-hydrogen) atoms. The molecule has 3 aromatic rings. The second-order valence-electron chi connectivity index (χ2n) is 6.95. The van der Waals surface area contributed by atoms with E-state index in [9.17, 15) is 14.0 Å². The van der Waals surface area contributed by atoms with Crippen LogP contribution in [-0.4, -0.2) is 21.2 Å². The van der Waals surface area contributed by atoms with E-state index >= 15 is 0 Å². The minimum Gasteiger partial charge on any atom is -0.325 e. The Bertz CT molecular complexity index is 1080. The van der Waals surface area contributed by atoms with Gasteiger partial charge in [-0.1, -0.05) is 43.8 Å². The van der Waals surface area contributed by atoms with Crippen molar-refractivity contribution in [2.75, 3.05) is 11.1 Å². The quantitative estimate of drug-likeness (QED) is 0.605. The normalized spacial score (nSPS) is 10.9. The zero-order valence-corrected chi connectivity index (χ0v) is 17.3. The summed E-state index contributed by atoms with van der Waals surface area (Å²) in [6.45, 7) is 5.87. The molecule has 3 rings (SSSR count). The second-order valence-corrected chi connectivity index (χ2v) is 7.92. The van der Waals surface area contributed by atoms with Gasteiger partial charge in [-0.15, -0.1) is 0 Å². The minimum absolute atomic E-state index is 0.0421. The number of hydrogen-bond donors (Lipinski definition) is 1. The van der Waals surface area contributed by atoms with Crippen molar-refractivity contribution in [1.29, 1.82) is 0 Å². The Morgan fingerprint density at radius 2 is 1.93 bits per heavy atom. The predicted molar refractivity (Wildman–Crippen MR) is 114 cm³/mol. The van der Waals surface area contributed by atoms with Crippen molar-refractivity contribution in [3.63, 3.8) is 0 Å². The van der Waals surface area contributed by atoms with Crippen molar-refractivity contribution in [3.8, 4) is 5.69 Å². The molecule has 0 saturated carbocycles. The van der Waals surface area contributed by atoms with Gasteiger partial charge in [-0.25, -0.2) is 9.37 Å². The zero-order valence-electron chi connectivity index (χ0n) is 16.5. The molecule has 1 heterocycles. The largest absolute Gasteiger partial charge is 0.325 e. The first-order chi connectivity index (χ1) is 13.8. The molecule has 1 aromatic heterocycles. The molecule has 0 fully saturated rings. The number of carbonyl (C=O) groups is 1. The van der Waals surface area contributed by atoms with Crippen molar-refractivity contribution in [3.05, 3.63) is 82.2 Å². The van der Waals surface area contributed by atoms with Crippen molar-refractivity contribution in [1.82, 2.24) is 9.55 Å². The highest BCUT2D eigenvalue weighted by molar-refractivity contribution is 7.99. The van der Waals surface area contributed by atoms with Gasteiger partial charge in [0.2, 0.25) is 5.91 Å². The number of thioether (sulfide) groups is 1. The van der Waals surface area contributed by atoms with Crippen molar-refractivity contribution >= 4 is 23.4 Å². The molecule has 7 heteroatoms. The Morgan fingerprint density at radius 1 is 1.21 bits per heavy atom. The molecule has 5 nitrogen and oxygen atoms in total. The molecule has 0 aliphatic heterocycles. The lowest BCUT2D eigenvalue weighted by atomic mass is 10.0.